The Kier molecular flexibility index (Phi) is 4.25. The van der Waals surface area contributed by atoms with E-state index in [-0.39, 0.29) is 17.1 Å². The Hall–Kier alpha value is -1.40. The molecule has 0 spiro atoms. The van der Waals surface area contributed by atoms with Crippen molar-refractivity contribution in [1.29, 1.82) is 0 Å². The van der Waals surface area contributed by atoms with Crippen LogP contribution in [0, 0.1) is 0 Å². The number of ether oxygens (including phenoxy) is 1. The Bertz CT molecular complexity index is 489. The number of rotatable bonds is 5. The van der Waals surface area contributed by atoms with Gasteiger partial charge in [-0.3, -0.25) is 0 Å². The normalized spacial score (nSPS) is 13.3. The monoisotopic (exact) mass is 258 g/mol. The van der Waals surface area contributed by atoms with Crippen molar-refractivity contribution in [2.24, 2.45) is 0 Å². The molecule has 0 amide bonds. The molecule has 1 aromatic rings. The van der Waals surface area contributed by atoms with E-state index in [1.165, 1.54) is 31.4 Å². The zero-order valence-corrected chi connectivity index (χ0v) is 10.4. The lowest BCUT2D eigenvalue weighted by molar-refractivity contribution is 0.0696. The molecule has 0 aliphatic carbocycles. The predicted molar refractivity (Wildman–Crippen MR) is 61.9 cm³/mol. The van der Waals surface area contributed by atoms with E-state index in [1.807, 2.05) is 0 Å². The lowest BCUT2D eigenvalue weighted by Crippen LogP contribution is -2.22. The summed E-state index contributed by atoms with van der Waals surface area (Å²) >= 11 is 0. The first-order valence-electron chi connectivity index (χ1n) is 4.95. The van der Waals surface area contributed by atoms with E-state index in [2.05, 4.69) is 0 Å². The fraction of sp³-hybridized carbons (Fsp3) is 0.364. The Labute approximate surface area is 100.0 Å². The minimum atomic E-state index is -3.46. The SMILES string of the molecule is COCC(C)S(=O)(=O)c1ccc(C(=O)O)cc1. The molecule has 17 heavy (non-hydrogen) atoms. The maximum atomic E-state index is 12.0. The summed E-state index contributed by atoms with van der Waals surface area (Å²) < 4.78 is 28.8. The Morgan fingerprint density at radius 3 is 2.29 bits per heavy atom. The molecule has 0 aromatic heterocycles. The molecule has 0 aliphatic heterocycles. The number of sulfone groups is 1. The van der Waals surface area contributed by atoms with Crippen molar-refractivity contribution in [3.8, 4) is 0 Å². The van der Waals surface area contributed by atoms with E-state index in [4.69, 9.17) is 9.84 Å². The number of benzene rings is 1. The van der Waals surface area contributed by atoms with Crippen molar-refractivity contribution in [2.45, 2.75) is 17.1 Å². The van der Waals surface area contributed by atoms with Gasteiger partial charge in [0.05, 0.1) is 22.3 Å². The fourth-order valence-electron chi connectivity index (χ4n) is 1.34. The van der Waals surface area contributed by atoms with E-state index >= 15 is 0 Å². The van der Waals surface area contributed by atoms with Crippen LogP contribution >= 0.6 is 0 Å². The van der Waals surface area contributed by atoms with Gasteiger partial charge in [0.2, 0.25) is 0 Å². The van der Waals surface area contributed by atoms with E-state index in [9.17, 15) is 13.2 Å². The first kappa shape index (κ1) is 13.7. The third-order valence-electron chi connectivity index (χ3n) is 2.36. The van der Waals surface area contributed by atoms with Crippen LogP contribution in [0.3, 0.4) is 0 Å². The molecule has 6 heteroatoms. The first-order valence-corrected chi connectivity index (χ1v) is 6.50. The molecule has 1 N–H and O–H groups in total. The molecule has 5 nitrogen and oxygen atoms in total. The van der Waals surface area contributed by atoms with Gasteiger partial charge in [-0.25, -0.2) is 13.2 Å². The molecular formula is C11H14O5S. The van der Waals surface area contributed by atoms with E-state index < -0.39 is 21.1 Å². The number of carbonyl (C=O) groups is 1. The van der Waals surface area contributed by atoms with Crippen LogP contribution in [-0.4, -0.2) is 38.5 Å². The number of carboxylic acids is 1. The standard InChI is InChI=1S/C11H14O5S/c1-8(7-16-2)17(14,15)10-5-3-9(4-6-10)11(12)13/h3-6,8H,7H2,1-2H3,(H,12,13). The highest BCUT2D eigenvalue weighted by Gasteiger charge is 2.23. The molecule has 0 saturated heterocycles. The van der Waals surface area contributed by atoms with Crippen molar-refractivity contribution < 1.29 is 23.1 Å². The molecule has 1 rings (SSSR count). The average molecular weight is 258 g/mol. The largest absolute Gasteiger partial charge is 0.478 e. The molecule has 1 atom stereocenters. The highest BCUT2D eigenvalue weighted by atomic mass is 32.2. The van der Waals surface area contributed by atoms with Gasteiger partial charge in [0.15, 0.2) is 9.84 Å². The van der Waals surface area contributed by atoms with Crippen LogP contribution in [0.4, 0.5) is 0 Å². The van der Waals surface area contributed by atoms with Gasteiger partial charge >= 0.3 is 5.97 Å². The van der Waals surface area contributed by atoms with Crippen LogP contribution in [0.2, 0.25) is 0 Å². The Morgan fingerprint density at radius 2 is 1.88 bits per heavy atom. The fourth-order valence-corrected chi connectivity index (χ4v) is 2.64. The lowest BCUT2D eigenvalue weighted by atomic mass is 10.2. The molecular weight excluding hydrogens is 244 g/mol. The van der Waals surface area contributed by atoms with Gasteiger partial charge in [0.1, 0.15) is 0 Å². The minimum Gasteiger partial charge on any atom is -0.478 e. The summed E-state index contributed by atoms with van der Waals surface area (Å²) in [5.74, 6) is -1.08. The van der Waals surface area contributed by atoms with Crippen LogP contribution in [0.25, 0.3) is 0 Å². The number of carboxylic acid groups (broad SMARTS) is 1. The molecule has 0 heterocycles. The molecule has 1 aromatic carbocycles. The zero-order chi connectivity index (χ0) is 13.1. The summed E-state index contributed by atoms with van der Waals surface area (Å²) in [5.41, 5.74) is 0.0587. The van der Waals surface area contributed by atoms with Crippen molar-refractivity contribution in [2.75, 3.05) is 13.7 Å². The summed E-state index contributed by atoms with van der Waals surface area (Å²) in [6.45, 7) is 1.65. The smallest absolute Gasteiger partial charge is 0.335 e. The summed E-state index contributed by atoms with van der Waals surface area (Å²) in [6.07, 6.45) is 0. The van der Waals surface area contributed by atoms with E-state index in [0.29, 0.717) is 0 Å². The van der Waals surface area contributed by atoms with Gasteiger partial charge in [-0.1, -0.05) is 0 Å². The third-order valence-corrected chi connectivity index (χ3v) is 4.49. The summed E-state index contributed by atoms with van der Waals surface area (Å²) in [6, 6.07) is 5.14. The van der Waals surface area contributed by atoms with Crippen LogP contribution in [0.1, 0.15) is 17.3 Å². The quantitative estimate of drug-likeness (QED) is 0.858. The molecule has 1 unspecified atom stereocenters. The minimum absolute atomic E-state index is 0.0587. The average Bonchev–Trinajstić information content (AvgIpc) is 2.29. The van der Waals surface area contributed by atoms with Crippen LogP contribution in [-0.2, 0) is 14.6 Å². The van der Waals surface area contributed by atoms with Gasteiger partial charge < -0.3 is 9.84 Å². The van der Waals surface area contributed by atoms with Gasteiger partial charge in [-0.05, 0) is 31.2 Å². The van der Waals surface area contributed by atoms with Crippen molar-refractivity contribution in [3.63, 3.8) is 0 Å². The highest BCUT2D eigenvalue weighted by molar-refractivity contribution is 7.92. The van der Waals surface area contributed by atoms with Crippen LogP contribution < -0.4 is 0 Å². The molecule has 0 radical (unpaired) electrons. The molecule has 0 fully saturated rings. The maximum Gasteiger partial charge on any atom is 0.335 e. The van der Waals surface area contributed by atoms with E-state index in [0.717, 1.165) is 0 Å². The molecule has 94 valence electrons. The van der Waals surface area contributed by atoms with Crippen LogP contribution in [0.5, 0.6) is 0 Å². The van der Waals surface area contributed by atoms with Gasteiger partial charge in [-0.2, -0.15) is 0 Å². The molecule has 0 bridgehead atoms. The Morgan fingerprint density at radius 1 is 1.35 bits per heavy atom. The van der Waals surface area contributed by atoms with Crippen molar-refractivity contribution >= 4 is 15.8 Å². The first-order chi connectivity index (χ1) is 7.89. The summed E-state index contributed by atoms with van der Waals surface area (Å²) in [4.78, 5) is 10.7. The second-order valence-corrected chi connectivity index (χ2v) is 6.01. The van der Waals surface area contributed by atoms with Gasteiger partial charge in [-0.15, -0.1) is 0 Å². The second kappa shape index (κ2) is 5.29. The van der Waals surface area contributed by atoms with Crippen LogP contribution in [0.15, 0.2) is 29.2 Å². The van der Waals surface area contributed by atoms with Crippen molar-refractivity contribution in [1.82, 2.24) is 0 Å². The number of hydrogen-bond acceptors (Lipinski definition) is 4. The highest BCUT2D eigenvalue weighted by Crippen LogP contribution is 2.17. The predicted octanol–water partition coefficient (Wildman–Crippen LogP) is 1.19. The van der Waals surface area contributed by atoms with Crippen molar-refractivity contribution in [3.05, 3.63) is 29.8 Å². The number of aromatic carboxylic acids is 1. The third kappa shape index (κ3) is 3.04. The molecule has 0 aliphatic rings. The zero-order valence-electron chi connectivity index (χ0n) is 9.58. The van der Waals surface area contributed by atoms with E-state index in [1.54, 1.807) is 6.92 Å². The number of methoxy groups -OCH3 is 1. The molecule has 0 saturated carbocycles. The van der Waals surface area contributed by atoms with Gasteiger partial charge in [0.25, 0.3) is 0 Å². The Balaban J connectivity index is 3.04. The second-order valence-electron chi connectivity index (χ2n) is 3.64. The summed E-state index contributed by atoms with van der Waals surface area (Å²) in [7, 11) is -2.03. The maximum absolute atomic E-state index is 12.0. The van der Waals surface area contributed by atoms with Gasteiger partial charge in [0, 0.05) is 7.11 Å². The summed E-state index contributed by atoms with van der Waals surface area (Å²) in [5, 5.41) is 8.04. The number of hydrogen-bond donors (Lipinski definition) is 1. The topological polar surface area (TPSA) is 80.7 Å². The lowest BCUT2D eigenvalue weighted by Gasteiger charge is -2.11.